The lowest BCUT2D eigenvalue weighted by molar-refractivity contribution is -0.0245. The molecule has 1 N–H and O–H groups in total. The van der Waals surface area contributed by atoms with Crippen LogP contribution in [0.1, 0.15) is 67.3 Å². The standard InChI is InChI=1S/C34H38F4N2O2/c1-33(37,38)22-40-15-11-24-16-25(41-20-23-6-3-2-4-7-23)8-9-28(24)32(40)31-29(35)17-27(18-30(31)36)42-26-10-13-34(19-26)12-5-14-39-21-34/h2-4,6-9,16-18,26,32,39H,5,10-15,19-22H2,1H3. The highest BCUT2D eigenvalue weighted by Crippen LogP contribution is 2.45. The third kappa shape index (κ3) is 6.45. The molecule has 3 aromatic rings. The minimum absolute atomic E-state index is 0.102. The van der Waals surface area contributed by atoms with Crippen molar-refractivity contribution in [2.24, 2.45) is 5.41 Å². The first kappa shape index (κ1) is 29.0. The molecule has 6 rings (SSSR count). The number of nitrogens with zero attached hydrogens (tertiary/aromatic N) is 1. The van der Waals surface area contributed by atoms with E-state index in [9.17, 15) is 8.78 Å². The molecule has 3 atom stereocenters. The molecule has 224 valence electrons. The third-order valence-electron chi connectivity index (χ3n) is 9.02. The average molecular weight is 583 g/mol. The van der Waals surface area contributed by atoms with Crippen molar-refractivity contribution in [1.82, 2.24) is 10.2 Å². The van der Waals surface area contributed by atoms with Crippen molar-refractivity contribution in [2.75, 3.05) is 26.2 Å². The SMILES string of the molecule is CC(F)(F)CN1CCc2cc(OCc3ccccc3)ccc2C1c1c(F)cc(OC2CCC3(CCCNC3)C2)cc1F. The second kappa shape index (κ2) is 11.9. The van der Waals surface area contributed by atoms with Gasteiger partial charge in [-0.15, -0.1) is 0 Å². The second-order valence-corrected chi connectivity index (χ2v) is 12.4. The van der Waals surface area contributed by atoms with Crippen LogP contribution in [0.3, 0.4) is 0 Å². The van der Waals surface area contributed by atoms with E-state index in [0.717, 1.165) is 63.2 Å². The lowest BCUT2D eigenvalue weighted by Crippen LogP contribution is -2.43. The molecule has 0 bridgehead atoms. The van der Waals surface area contributed by atoms with Crippen molar-refractivity contribution in [3.05, 3.63) is 94.6 Å². The van der Waals surface area contributed by atoms with Crippen LogP contribution in [-0.4, -0.2) is 43.1 Å². The van der Waals surface area contributed by atoms with E-state index in [1.165, 1.54) is 17.0 Å². The predicted molar refractivity (Wildman–Crippen MR) is 154 cm³/mol. The molecule has 4 nitrogen and oxygen atoms in total. The van der Waals surface area contributed by atoms with Gasteiger partial charge in [0.05, 0.1) is 18.7 Å². The summed E-state index contributed by atoms with van der Waals surface area (Å²) in [5.41, 5.74) is 2.41. The number of fused-ring (bicyclic) bond motifs is 1. The summed E-state index contributed by atoms with van der Waals surface area (Å²) in [5.74, 6) is -3.84. The predicted octanol–water partition coefficient (Wildman–Crippen LogP) is 7.45. The van der Waals surface area contributed by atoms with Crippen molar-refractivity contribution in [1.29, 1.82) is 0 Å². The van der Waals surface area contributed by atoms with Gasteiger partial charge in [-0.3, -0.25) is 4.90 Å². The zero-order valence-electron chi connectivity index (χ0n) is 24.0. The highest BCUT2D eigenvalue weighted by molar-refractivity contribution is 5.46. The summed E-state index contributed by atoms with van der Waals surface area (Å²) in [4.78, 5) is 1.48. The number of piperidine rings is 1. The number of halogens is 4. The van der Waals surface area contributed by atoms with E-state index in [2.05, 4.69) is 5.32 Å². The molecule has 1 saturated carbocycles. The first-order valence-corrected chi connectivity index (χ1v) is 15.0. The van der Waals surface area contributed by atoms with Gasteiger partial charge in [0.25, 0.3) is 5.92 Å². The summed E-state index contributed by atoms with van der Waals surface area (Å²) < 4.78 is 72.3. The fourth-order valence-corrected chi connectivity index (χ4v) is 7.11. The molecular weight excluding hydrogens is 544 g/mol. The molecule has 2 fully saturated rings. The highest BCUT2D eigenvalue weighted by atomic mass is 19.3. The van der Waals surface area contributed by atoms with Gasteiger partial charge in [-0.25, -0.2) is 17.6 Å². The average Bonchev–Trinajstić information content (AvgIpc) is 3.33. The van der Waals surface area contributed by atoms with Gasteiger partial charge in [0.1, 0.15) is 29.7 Å². The Morgan fingerprint density at radius 1 is 1.00 bits per heavy atom. The molecule has 1 saturated heterocycles. The maximum atomic E-state index is 15.8. The van der Waals surface area contributed by atoms with Gasteiger partial charge < -0.3 is 14.8 Å². The molecule has 3 aromatic carbocycles. The molecular formula is C34H38F4N2O2. The van der Waals surface area contributed by atoms with Crippen LogP contribution in [0.2, 0.25) is 0 Å². The molecule has 0 amide bonds. The second-order valence-electron chi connectivity index (χ2n) is 12.4. The van der Waals surface area contributed by atoms with E-state index in [0.29, 0.717) is 24.3 Å². The zero-order valence-corrected chi connectivity index (χ0v) is 24.0. The quantitative estimate of drug-likeness (QED) is 0.280. The van der Waals surface area contributed by atoms with Crippen LogP contribution < -0.4 is 14.8 Å². The molecule has 0 aromatic heterocycles. The third-order valence-corrected chi connectivity index (χ3v) is 9.02. The van der Waals surface area contributed by atoms with E-state index in [1.54, 1.807) is 12.1 Å². The van der Waals surface area contributed by atoms with Gasteiger partial charge in [-0.2, -0.15) is 0 Å². The van der Waals surface area contributed by atoms with Crippen molar-refractivity contribution < 1.29 is 27.0 Å². The summed E-state index contributed by atoms with van der Waals surface area (Å²) in [6.45, 7) is 2.81. The van der Waals surface area contributed by atoms with Crippen LogP contribution in [0.25, 0.3) is 0 Å². The molecule has 42 heavy (non-hydrogen) atoms. The van der Waals surface area contributed by atoms with Crippen LogP contribution in [0, 0.1) is 17.0 Å². The number of rotatable bonds is 8. The van der Waals surface area contributed by atoms with E-state index < -0.39 is 30.1 Å². The number of hydrogen-bond acceptors (Lipinski definition) is 4. The normalized spacial score (nSPS) is 24.5. The van der Waals surface area contributed by atoms with E-state index in [4.69, 9.17) is 9.47 Å². The molecule has 2 aliphatic heterocycles. The lowest BCUT2D eigenvalue weighted by atomic mass is 9.79. The first-order chi connectivity index (χ1) is 20.2. The summed E-state index contributed by atoms with van der Waals surface area (Å²) in [6, 6.07) is 16.5. The lowest BCUT2D eigenvalue weighted by Gasteiger charge is -2.39. The molecule has 1 aliphatic carbocycles. The molecule has 3 aliphatic rings. The smallest absolute Gasteiger partial charge is 0.257 e. The van der Waals surface area contributed by atoms with Crippen molar-refractivity contribution in [3.63, 3.8) is 0 Å². The summed E-state index contributed by atoms with van der Waals surface area (Å²) >= 11 is 0. The Morgan fingerprint density at radius 2 is 1.79 bits per heavy atom. The summed E-state index contributed by atoms with van der Waals surface area (Å²) in [5, 5.41) is 3.47. The van der Waals surface area contributed by atoms with E-state index in [-0.39, 0.29) is 29.4 Å². The maximum Gasteiger partial charge on any atom is 0.257 e. The number of hydrogen-bond donors (Lipinski definition) is 1. The Kier molecular flexibility index (Phi) is 8.20. The topological polar surface area (TPSA) is 33.7 Å². The number of nitrogens with one attached hydrogen (secondary N) is 1. The van der Waals surface area contributed by atoms with Crippen molar-refractivity contribution in [2.45, 2.75) is 70.1 Å². The zero-order chi connectivity index (χ0) is 29.3. The Labute approximate surface area is 245 Å². The van der Waals surface area contributed by atoms with Gasteiger partial charge in [0, 0.05) is 37.7 Å². The Balaban J connectivity index is 1.26. The number of ether oxygens (including phenoxy) is 2. The van der Waals surface area contributed by atoms with E-state index in [1.807, 2.05) is 36.4 Å². The van der Waals surface area contributed by atoms with Gasteiger partial charge in [-0.1, -0.05) is 36.4 Å². The van der Waals surface area contributed by atoms with Gasteiger partial charge in [0.15, 0.2) is 0 Å². The molecule has 8 heteroatoms. The van der Waals surface area contributed by atoms with E-state index >= 15 is 8.78 Å². The molecule has 1 spiro atoms. The maximum absolute atomic E-state index is 15.8. The Bertz CT molecular complexity index is 1370. The Morgan fingerprint density at radius 3 is 2.50 bits per heavy atom. The summed E-state index contributed by atoms with van der Waals surface area (Å²) in [7, 11) is 0. The number of benzene rings is 3. The van der Waals surface area contributed by atoms with Crippen LogP contribution in [0.15, 0.2) is 60.7 Å². The van der Waals surface area contributed by atoms with Gasteiger partial charge >= 0.3 is 0 Å². The van der Waals surface area contributed by atoms with Gasteiger partial charge in [0.2, 0.25) is 0 Å². The fraction of sp³-hybridized carbons (Fsp3) is 0.471. The Hall–Kier alpha value is -3.10. The van der Waals surface area contributed by atoms with Gasteiger partial charge in [-0.05, 0) is 79.3 Å². The summed E-state index contributed by atoms with van der Waals surface area (Å²) in [6.07, 6.45) is 5.36. The van der Waals surface area contributed by atoms with Crippen LogP contribution in [-0.2, 0) is 13.0 Å². The van der Waals surface area contributed by atoms with Crippen LogP contribution in [0.5, 0.6) is 11.5 Å². The minimum Gasteiger partial charge on any atom is -0.490 e. The monoisotopic (exact) mass is 582 g/mol. The molecule has 2 heterocycles. The number of alkyl halides is 2. The van der Waals surface area contributed by atoms with Crippen LogP contribution >= 0.6 is 0 Å². The fourth-order valence-electron chi connectivity index (χ4n) is 7.11. The minimum atomic E-state index is -3.03. The van der Waals surface area contributed by atoms with Crippen molar-refractivity contribution >= 4 is 0 Å². The van der Waals surface area contributed by atoms with Crippen molar-refractivity contribution in [3.8, 4) is 11.5 Å². The first-order valence-electron chi connectivity index (χ1n) is 15.0. The largest absolute Gasteiger partial charge is 0.490 e. The highest BCUT2D eigenvalue weighted by Gasteiger charge is 2.41. The molecule has 0 radical (unpaired) electrons. The van der Waals surface area contributed by atoms with Crippen LogP contribution in [0.4, 0.5) is 17.6 Å². The molecule has 3 unspecified atom stereocenters.